The Morgan fingerprint density at radius 2 is 1.07 bits per heavy atom. The van der Waals surface area contributed by atoms with E-state index in [1.54, 1.807) is 49.6 Å². The number of rotatable bonds is 29. The fraction of sp³-hybridized carbons (Fsp3) is 0.511. The van der Waals surface area contributed by atoms with Crippen LogP contribution in [0.25, 0.3) is 6.08 Å². The lowest BCUT2D eigenvalue weighted by molar-refractivity contribution is -0.135. The van der Waals surface area contributed by atoms with Crippen LogP contribution in [0.5, 0.6) is 23.0 Å². The first kappa shape index (κ1) is 44.0. The quantitative estimate of drug-likeness (QED) is 0.0230. The van der Waals surface area contributed by atoms with E-state index in [0.29, 0.717) is 34.8 Å². The van der Waals surface area contributed by atoms with Crippen LogP contribution in [-0.4, -0.2) is 24.8 Å². The van der Waals surface area contributed by atoms with Crippen molar-refractivity contribution in [1.29, 1.82) is 0 Å². The fourth-order valence-corrected chi connectivity index (χ4v) is 6.26. The third kappa shape index (κ3) is 18.1. The molecule has 54 heavy (non-hydrogen) atoms. The summed E-state index contributed by atoms with van der Waals surface area (Å²) in [5.41, 5.74) is 1.86. The number of carbonyl (C=O) groups excluding carboxylic acids is 3. The Labute approximate surface area is 324 Å². The predicted octanol–water partition coefficient (Wildman–Crippen LogP) is 12.8. The molecule has 7 heteroatoms. The van der Waals surface area contributed by atoms with Gasteiger partial charge in [0.15, 0.2) is 5.78 Å². The Morgan fingerprint density at radius 3 is 1.65 bits per heavy atom. The van der Waals surface area contributed by atoms with Crippen LogP contribution in [0.1, 0.15) is 164 Å². The molecule has 0 saturated carbocycles. The molecule has 0 aliphatic carbocycles. The summed E-state index contributed by atoms with van der Waals surface area (Å²) in [6.07, 6.45) is 24.5. The maximum Gasteiger partial charge on any atom is 0.311 e. The molecule has 3 aromatic carbocycles. The summed E-state index contributed by atoms with van der Waals surface area (Å²) in [7, 11) is 1.56. The molecule has 7 nitrogen and oxygen atoms in total. The fourth-order valence-electron chi connectivity index (χ4n) is 6.26. The van der Waals surface area contributed by atoms with Crippen LogP contribution in [0.4, 0.5) is 0 Å². The van der Waals surface area contributed by atoms with Gasteiger partial charge in [-0.2, -0.15) is 0 Å². The van der Waals surface area contributed by atoms with Crippen molar-refractivity contribution in [3.05, 3.63) is 89.5 Å². The molecule has 0 saturated heterocycles. The molecule has 0 aromatic heterocycles. The molecule has 0 radical (unpaired) electrons. The van der Waals surface area contributed by atoms with Crippen LogP contribution < -0.4 is 18.9 Å². The van der Waals surface area contributed by atoms with Gasteiger partial charge in [-0.05, 0) is 54.8 Å². The van der Waals surface area contributed by atoms with E-state index in [1.807, 2.05) is 30.3 Å². The van der Waals surface area contributed by atoms with Crippen LogP contribution in [-0.2, 0) is 16.2 Å². The van der Waals surface area contributed by atoms with E-state index in [2.05, 4.69) is 13.8 Å². The molecule has 3 rings (SSSR count). The first-order chi connectivity index (χ1) is 26.4. The van der Waals surface area contributed by atoms with Crippen molar-refractivity contribution in [2.45, 2.75) is 149 Å². The number of carbonyl (C=O) groups is 3. The van der Waals surface area contributed by atoms with E-state index in [4.69, 9.17) is 18.9 Å². The second-order valence-corrected chi connectivity index (χ2v) is 14.1. The van der Waals surface area contributed by atoms with E-state index in [-0.39, 0.29) is 36.5 Å². The van der Waals surface area contributed by atoms with Gasteiger partial charge in [0.25, 0.3) is 0 Å². The number of benzene rings is 3. The third-order valence-corrected chi connectivity index (χ3v) is 9.52. The van der Waals surface area contributed by atoms with E-state index in [1.165, 1.54) is 83.1 Å². The summed E-state index contributed by atoms with van der Waals surface area (Å²) in [6, 6.07) is 19.7. The van der Waals surface area contributed by atoms with Crippen molar-refractivity contribution in [2.24, 2.45) is 0 Å². The van der Waals surface area contributed by atoms with E-state index in [0.717, 1.165) is 44.1 Å². The number of methoxy groups -OCH3 is 1. The minimum absolute atomic E-state index is 0.239. The second kappa shape index (κ2) is 27.2. The van der Waals surface area contributed by atoms with Gasteiger partial charge in [-0.1, -0.05) is 147 Å². The highest BCUT2D eigenvalue weighted by atomic mass is 16.5. The Kier molecular flexibility index (Phi) is 22.2. The molecule has 0 amide bonds. The maximum atomic E-state index is 13.5. The van der Waals surface area contributed by atoms with Crippen LogP contribution in [0.3, 0.4) is 0 Å². The Balaban J connectivity index is 1.65. The molecule has 0 bridgehead atoms. The average molecular weight is 741 g/mol. The standard InChI is InChI=1S/C47H64O7/c1-4-6-8-10-12-14-16-18-23-27-46(49)53-41-31-29-39(44(36-41)54-47(50)28-24-19-17-15-13-11-9-7-5-2)30-34-43(48)42-33-32-40(51-3)35-45(42)52-37-38-25-21-20-22-26-38/h20-22,25-26,29-36H,4-19,23-24,27-28,37H2,1-3H3. The molecule has 0 spiro atoms. The number of ketones is 1. The lowest BCUT2D eigenvalue weighted by Gasteiger charge is -2.12. The van der Waals surface area contributed by atoms with Crippen LogP contribution in [0.2, 0.25) is 0 Å². The van der Waals surface area contributed by atoms with Crippen molar-refractivity contribution >= 4 is 23.8 Å². The van der Waals surface area contributed by atoms with Gasteiger partial charge >= 0.3 is 11.9 Å². The minimum Gasteiger partial charge on any atom is -0.497 e. The highest BCUT2D eigenvalue weighted by Gasteiger charge is 2.15. The maximum absolute atomic E-state index is 13.5. The number of esters is 2. The highest BCUT2D eigenvalue weighted by Crippen LogP contribution is 2.30. The topological polar surface area (TPSA) is 88.1 Å². The summed E-state index contributed by atoms with van der Waals surface area (Å²) in [4.78, 5) is 39.3. The smallest absolute Gasteiger partial charge is 0.311 e. The minimum atomic E-state index is -0.358. The molecule has 0 atom stereocenters. The number of hydrogen-bond acceptors (Lipinski definition) is 7. The molecule has 294 valence electrons. The Bertz CT molecular complexity index is 1540. The molecule has 0 aliphatic heterocycles. The lowest BCUT2D eigenvalue weighted by Crippen LogP contribution is -2.10. The summed E-state index contributed by atoms with van der Waals surface area (Å²) >= 11 is 0. The second-order valence-electron chi connectivity index (χ2n) is 14.1. The number of allylic oxidation sites excluding steroid dienone is 1. The molecule has 0 heterocycles. The van der Waals surface area contributed by atoms with Gasteiger partial charge in [-0.15, -0.1) is 0 Å². The summed E-state index contributed by atoms with van der Waals surface area (Å²) in [5.74, 6) is 0.553. The van der Waals surface area contributed by atoms with Crippen molar-refractivity contribution < 1.29 is 33.3 Å². The van der Waals surface area contributed by atoms with Gasteiger partial charge < -0.3 is 18.9 Å². The van der Waals surface area contributed by atoms with Crippen molar-refractivity contribution in [3.63, 3.8) is 0 Å². The summed E-state index contributed by atoms with van der Waals surface area (Å²) in [6.45, 7) is 4.74. The highest BCUT2D eigenvalue weighted by molar-refractivity contribution is 6.09. The molecule has 0 aliphatic rings. The summed E-state index contributed by atoms with van der Waals surface area (Å²) < 4.78 is 23.0. The van der Waals surface area contributed by atoms with Gasteiger partial charge in [0.05, 0.1) is 12.7 Å². The van der Waals surface area contributed by atoms with Crippen LogP contribution in [0.15, 0.2) is 72.8 Å². The van der Waals surface area contributed by atoms with Crippen molar-refractivity contribution in [3.8, 4) is 23.0 Å². The third-order valence-electron chi connectivity index (χ3n) is 9.52. The molecule has 0 unspecified atom stereocenters. The van der Waals surface area contributed by atoms with E-state index in [9.17, 15) is 14.4 Å². The lowest BCUT2D eigenvalue weighted by atomic mass is 10.1. The number of hydrogen-bond donors (Lipinski definition) is 0. The molecule has 3 aromatic rings. The zero-order valence-electron chi connectivity index (χ0n) is 33.2. The van der Waals surface area contributed by atoms with Crippen LogP contribution >= 0.6 is 0 Å². The molecular formula is C47H64O7. The van der Waals surface area contributed by atoms with E-state index < -0.39 is 0 Å². The van der Waals surface area contributed by atoms with Gasteiger partial charge in [0.2, 0.25) is 0 Å². The molecule has 0 fully saturated rings. The summed E-state index contributed by atoms with van der Waals surface area (Å²) in [5, 5.41) is 0. The Hall–Kier alpha value is -4.39. The van der Waals surface area contributed by atoms with Crippen molar-refractivity contribution in [1.82, 2.24) is 0 Å². The van der Waals surface area contributed by atoms with E-state index >= 15 is 0 Å². The Morgan fingerprint density at radius 1 is 0.556 bits per heavy atom. The van der Waals surface area contributed by atoms with Gasteiger partial charge in [-0.25, -0.2) is 0 Å². The van der Waals surface area contributed by atoms with Gasteiger partial charge in [0, 0.05) is 30.5 Å². The number of unbranched alkanes of at least 4 members (excludes halogenated alkanes) is 16. The molecule has 0 N–H and O–H groups in total. The average Bonchev–Trinajstić information content (AvgIpc) is 3.18. The SMILES string of the molecule is CCCCCCCCCCCC(=O)Oc1ccc(C=CC(=O)c2ccc(OC)cc2OCc2ccccc2)c(OC(=O)CCCCCCCCCCC)c1. The number of ether oxygens (including phenoxy) is 4. The predicted molar refractivity (Wildman–Crippen MR) is 219 cm³/mol. The zero-order valence-corrected chi connectivity index (χ0v) is 33.2. The van der Waals surface area contributed by atoms with Gasteiger partial charge in [0.1, 0.15) is 29.6 Å². The van der Waals surface area contributed by atoms with Crippen LogP contribution in [0, 0.1) is 0 Å². The molecular weight excluding hydrogens is 677 g/mol. The van der Waals surface area contributed by atoms with Crippen molar-refractivity contribution in [2.75, 3.05) is 7.11 Å². The largest absolute Gasteiger partial charge is 0.497 e. The monoisotopic (exact) mass is 740 g/mol. The zero-order chi connectivity index (χ0) is 38.6. The van der Waals surface area contributed by atoms with Gasteiger partial charge in [-0.3, -0.25) is 14.4 Å². The normalized spacial score (nSPS) is 11.1. The first-order valence-corrected chi connectivity index (χ1v) is 20.6. The first-order valence-electron chi connectivity index (χ1n) is 20.6.